The van der Waals surface area contributed by atoms with Crippen LogP contribution in [0.25, 0.3) is 0 Å². The van der Waals surface area contributed by atoms with Crippen molar-refractivity contribution in [1.29, 1.82) is 0 Å². The summed E-state index contributed by atoms with van der Waals surface area (Å²) in [6.45, 7) is 1.44. The monoisotopic (exact) mass is 451 g/mol. The van der Waals surface area contributed by atoms with Crippen molar-refractivity contribution < 1.29 is 43.9 Å². The Labute approximate surface area is 186 Å². The van der Waals surface area contributed by atoms with E-state index in [2.05, 4.69) is 5.32 Å². The van der Waals surface area contributed by atoms with Gasteiger partial charge in [-0.2, -0.15) is 0 Å². The summed E-state index contributed by atoms with van der Waals surface area (Å²) in [6, 6.07) is 13.1. The third-order valence-corrected chi connectivity index (χ3v) is 4.10. The summed E-state index contributed by atoms with van der Waals surface area (Å²) < 4.78 is 21.2. The third-order valence-electron chi connectivity index (χ3n) is 4.10. The molecule has 0 aliphatic heterocycles. The lowest BCUT2D eigenvalue weighted by Gasteiger charge is -2.14. The fourth-order valence-corrected chi connectivity index (χ4v) is 2.46. The quantitative estimate of drug-likeness (QED) is 0.293. The maximum Gasteiger partial charge on any atom is 0.414 e. The molecular weight excluding hydrogens is 422 g/mol. The lowest BCUT2D eigenvalue weighted by Crippen LogP contribution is -2.32. The van der Waals surface area contributed by atoms with Crippen LogP contribution in [0, 0.1) is 0 Å². The van der Waals surface area contributed by atoms with E-state index in [-0.39, 0.29) is 6.61 Å². The molecule has 0 bridgehead atoms. The molecular formula is C22H29NO9. The summed E-state index contributed by atoms with van der Waals surface area (Å²) in [5.74, 6) is -0.733. The topological polar surface area (TPSA) is 144 Å². The second-order valence-electron chi connectivity index (χ2n) is 6.39. The number of carboxylic acid groups (broad SMARTS) is 2. The Morgan fingerprint density at radius 2 is 1.47 bits per heavy atom. The third kappa shape index (κ3) is 10.0. The molecule has 10 heteroatoms. The van der Waals surface area contributed by atoms with Gasteiger partial charge in [-0.25, -0.2) is 9.59 Å². The maximum atomic E-state index is 10.0. The molecule has 0 saturated heterocycles. The molecule has 0 aliphatic rings. The second-order valence-corrected chi connectivity index (χ2v) is 6.39. The second kappa shape index (κ2) is 14.5. The van der Waals surface area contributed by atoms with E-state index < -0.39 is 18.0 Å². The van der Waals surface area contributed by atoms with E-state index in [0.29, 0.717) is 12.3 Å². The molecule has 2 rings (SSSR count). The standard InChI is InChI=1S/C20H27NO5.C2H2O4/c1-23-17-5-7-18(8-6-17)26-14-16(22)13-21-11-10-15-4-9-19(24-2)20(12-15)25-3;3-1(4)2(5)6/h4-9,12,16,21-22H,10-11,13-14H2,1-3H3;(H,3,4)(H,5,6). The van der Waals surface area contributed by atoms with E-state index in [1.54, 1.807) is 21.3 Å². The number of nitrogens with one attached hydrogen (secondary N) is 1. The first kappa shape index (κ1) is 26.5. The molecule has 0 saturated carbocycles. The number of aliphatic hydroxyl groups is 1. The van der Waals surface area contributed by atoms with E-state index in [1.165, 1.54) is 0 Å². The van der Waals surface area contributed by atoms with Gasteiger partial charge in [0.2, 0.25) is 0 Å². The number of aliphatic hydroxyl groups excluding tert-OH is 1. The van der Waals surface area contributed by atoms with Crippen LogP contribution in [0.4, 0.5) is 0 Å². The van der Waals surface area contributed by atoms with Gasteiger partial charge in [-0.05, 0) is 54.9 Å². The zero-order chi connectivity index (χ0) is 23.9. The van der Waals surface area contributed by atoms with Crippen LogP contribution in [0.5, 0.6) is 23.0 Å². The molecule has 32 heavy (non-hydrogen) atoms. The maximum absolute atomic E-state index is 10.0. The molecule has 2 aromatic carbocycles. The summed E-state index contributed by atoms with van der Waals surface area (Å²) in [7, 11) is 4.86. The smallest absolute Gasteiger partial charge is 0.414 e. The Bertz CT molecular complexity index is 828. The summed E-state index contributed by atoms with van der Waals surface area (Å²) >= 11 is 0. The number of methoxy groups -OCH3 is 3. The SMILES string of the molecule is COc1ccc(OCC(O)CNCCc2ccc(OC)c(OC)c2)cc1.O=C(O)C(=O)O. The lowest BCUT2D eigenvalue weighted by molar-refractivity contribution is -0.159. The van der Waals surface area contributed by atoms with Crippen LogP contribution in [0.3, 0.4) is 0 Å². The molecule has 176 valence electrons. The highest BCUT2D eigenvalue weighted by atomic mass is 16.5. The summed E-state index contributed by atoms with van der Waals surface area (Å²) in [5, 5.41) is 28.0. The van der Waals surface area contributed by atoms with Crippen LogP contribution in [-0.4, -0.2) is 74.4 Å². The minimum atomic E-state index is -1.82. The summed E-state index contributed by atoms with van der Waals surface area (Å²) in [6.07, 6.45) is 0.245. The number of carbonyl (C=O) groups is 2. The number of ether oxygens (including phenoxy) is 4. The lowest BCUT2D eigenvalue weighted by atomic mass is 10.1. The highest BCUT2D eigenvalue weighted by Crippen LogP contribution is 2.27. The number of benzene rings is 2. The van der Waals surface area contributed by atoms with Gasteiger partial charge < -0.3 is 39.6 Å². The van der Waals surface area contributed by atoms with Crippen molar-refractivity contribution in [3.63, 3.8) is 0 Å². The van der Waals surface area contributed by atoms with Crippen LogP contribution >= 0.6 is 0 Å². The van der Waals surface area contributed by atoms with Gasteiger partial charge in [0.05, 0.1) is 21.3 Å². The molecule has 0 aromatic heterocycles. The zero-order valence-electron chi connectivity index (χ0n) is 18.2. The first-order valence-electron chi connectivity index (χ1n) is 9.63. The van der Waals surface area contributed by atoms with E-state index in [9.17, 15) is 5.11 Å². The summed E-state index contributed by atoms with van der Waals surface area (Å²) in [5.41, 5.74) is 1.14. The predicted molar refractivity (Wildman–Crippen MR) is 116 cm³/mol. The molecule has 0 amide bonds. The molecule has 1 atom stereocenters. The first-order valence-corrected chi connectivity index (χ1v) is 9.63. The van der Waals surface area contributed by atoms with Crippen molar-refractivity contribution in [3.05, 3.63) is 48.0 Å². The fraction of sp³-hybridized carbons (Fsp3) is 0.364. The Kier molecular flexibility index (Phi) is 12.0. The number of hydrogen-bond donors (Lipinski definition) is 4. The Balaban J connectivity index is 0.000000751. The Morgan fingerprint density at radius 3 is 2.00 bits per heavy atom. The van der Waals surface area contributed by atoms with Gasteiger partial charge in [-0.15, -0.1) is 0 Å². The van der Waals surface area contributed by atoms with E-state index in [0.717, 1.165) is 35.8 Å². The molecule has 2 aromatic rings. The number of carboxylic acids is 2. The van der Waals surface area contributed by atoms with Crippen LogP contribution in [0.1, 0.15) is 5.56 Å². The van der Waals surface area contributed by atoms with Crippen LogP contribution in [0.15, 0.2) is 42.5 Å². The first-order chi connectivity index (χ1) is 15.3. The van der Waals surface area contributed by atoms with Crippen molar-refractivity contribution in [3.8, 4) is 23.0 Å². The Morgan fingerprint density at radius 1 is 0.875 bits per heavy atom. The van der Waals surface area contributed by atoms with Gasteiger partial charge in [0, 0.05) is 6.54 Å². The predicted octanol–water partition coefficient (Wildman–Crippen LogP) is 1.44. The molecule has 4 N–H and O–H groups in total. The molecule has 1 unspecified atom stereocenters. The minimum Gasteiger partial charge on any atom is -0.497 e. The molecule has 0 heterocycles. The van der Waals surface area contributed by atoms with E-state index >= 15 is 0 Å². The normalized spacial score (nSPS) is 10.9. The van der Waals surface area contributed by atoms with Gasteiger partial charge in [0.25, 0.3) is 0 Å². The van der Waals surface area contributed by atoms with Crippen LogP contribution < -0.4 is 24.3 Å². The zero-order valence-corrected chi connectivity index (χ0v) is 18.2. The van der Waals surface area contributed by atoms with Crippen molar-refractivity contribution in [2.75, 3.05) is 41.0 Å². The molecule has 0 fully saturated rings. The van der Waals surface area contributed by atoms with Gasteiger partial charge in [-0.1, -0.05) is 6.07 Å². The number of aliphatic carboxylic acids is 2. The molecule has 0 radical (unpaired) electrons. The van der Waals surface area contributed by atoms with E-state index in [4.69, 9.17) is 38.7 Å². The minimum absolute atomic E-state index is 0.232. The van der Waals surface area contributed by atoms with Gasteiger partial charge in [0.1, 0.15) is 24.2 Å². The molecule has 0 spiro atoms. The summed E-state index contributed by atoms with van der Waals surface area (Å²) in [4.78, 5) is 18.2. The average Bonchev–Trinajstić information content (AvgIpc) is 2.80. The number of hydrogen-bond acceptors (Lipinski definition) is 8. The van der Waals surface area contributed by atoms with Crippen LogP contribution in [-0.2, 0) is 16.0 Å². The number of rotatable bonds is 11. The van der Waals surface area contributed by atoms with Crippen LogP contribution in [0.2, 0.25) is 0 Å². The van der Waals surface area contributed by atoms with Crippen molar-refractivity contribution in [1.82, 2.24) is 5.32 Å². The fourth-order valence-electron chi connectivity index (χ4n) is 2.46. The van der Waals surface area contributed by atoms with Gasteiger partial charge >= 0.3 is 11.9 Å². The van der Waals surface area contributed by atoms with Gasteiger partial charge in [0.15, 0.2) is 11.5 Å². The van der Waals surface area contributed by atoms with Gasteiger partial charge in [-0.3, -0.25) is 0 Å². The van der Waals surface area contributed by atoms with Crippen molar-refractivity contribution in [2.45, 2.75) is 12.5 Å². The molecule has 10 nitrogen and oxygen atoms in total. The van der Waals surface area contributed by atoms with Crippen molar-refractivity contribution in [2.24, 2.45) is 0 Å². The molecule has 0 aliphatic carbocycles. The highest BCUT2D eigenvalue weighted by Gasteiger charge is 2.07. The van der Waals surface area contributed by atoms with E-state index in [1.807, 2.05) is 42.5 Å². The largest absolute Gasteiger partial charge is 0.497 e. The highest BCUT2D eigenvalue weighted by molar-refractivity contribution is 6.27. The average molecular weight is 451 g/mol. The Hall–Kier alpha value is -3.50. The van der Waals surface area contributed by atoms with Crippen molar-refractivity contribution >= 4 is 11.9 Å².